The van der Waals surface area contributed by atoms with Crippen LogP contribution in [0.2, 0.25) is 0 Å². The average molecular weight is 226 g/mol. The monoisotopic (exact) mass is 226 g/mol. The van der Waals surface area contributed by atoms with Crippen LogP contribution in [0.5, 0.6) is 0 Å². The van der Waals surface area contributed by atoms with Crippen molar-refractivity contribution in [2.24, 2.45) is 0 Å². The second-order valence-electron chi connectivity index (χ2n) is 5.55. The van der Waals surface area contributed by atoms with Gasteiger partial charge in [0.1, 0.15) is 0 Å². The fraction of sp³-hybridized carbons (Fsp3) is 0.312. The molecule has 88 valence electrons. The highest BCUT2D eigenvalue weighted by atomic mass is 16.1. The van der Waals surface area contributed by atoms with Crippen molar-refractivity contribution in [2.45, 2.75) is 33.1 Å². The molecule has 2 rings (SSSR count). The van der Waals surface area contributed by atoms with Gasteiger partial charge in [0.05, 0.1) is 0 Å². The Kier molecular flexibility index (Phi) is 2.78. The van der Waals surface area contributed by atoms with E-state index >= 15 is 0 Å². The number of hydrogen-bond donors (Lipinski definition) is 0. The SMILES string of the molecule is CC(=O)c1ccc2cccc(C(C)(C)C)c2c1. The first-order chi connectivity index (χ1) is 7.89. The summed E-state index contributed by atoms with van der Waals surface area (Å²) in [5, 5.41) is 2.38. The van der Waals surface area contributed by atoms with Crippen LogP contribution in [0.4, 0.5) is 0 Å². The molecule has 0 aliphatic carbocycles. The lowest BCUT2D eigenvalue weighted by molar-refractivity contribution is 0.101. The zero-order valence-corrected chi connectivity index (χ0v) is 10.9. The van der Waals surface area contributed by atoms with Crippen LogP contribution < -0.4 is 0 Å². The highest BCUT2D eigenvalue weighted by Gasteiger charge is 2.16. The highest BCUT2D eigenvalue weighted by molar-refractivity contribution is 5.99. The summed E-state index contributed by atoms with van der Waals surface area (Å²) in [5.41, 5.74) is 2.17. The number of benzene rings is 2. The van der Waals surface area contributed by atoms with Gasteiger partial charge in [0.15, 0.2) is 5.78 Å². The zero-order chi connectivity index (χ0) is 12.6. The first-order valence-electron chi connectivity index (χ1n) is 5.94. The normalized spacial score (nSPS) is 11.8. The lowest BCUT2D eigenvalue weighted by Crippen LogP contribution is -2.11. The van der Waals surface area contributed by atoms with E-state index in [1.54, 1.807) is 6.92 Å². The number of Topliss-reactive ketones (excluding diaryl/α,β-unsaturated/α-hetero) is 1. The predicted molar refractivity (Wildman–Crippen MR) is 72.7 cm³/mol. The summed E-state index contributed by atoms with van der Waals surface area (Å²) in [6.07, 6.45) is 0. The van der Waals surface area contributed by atoms with Gasteiger partial charge in [-0.05, 0) is 34.7 Å². The van der Waals surface area contributed by atoms with Gasteiger partial charge in [0.25, 0.3) is 0 Å². The Hall–Kier alpha value is -1.63. The minimum absolute atomic E-state index is 0.0922. The number of hydrogen-bond acceptors (Lipinski definition) is 1. The number of carbonyl (C=O) groups excluding carboxylic acids is 1. The van der Waals surface area contributed by atoms with Crippen molar-refractivity contribution in [2.75, 3.05) is 0 Å². The van der Waals surface area contributed by atoms with Gasteiger partial charge in [-0.3, -0.25) is 4.79 Å². The third-order valence-electron chi connectivity index (χ3n) is 3.10. The number of ketones is 1. The molecule has 0 bridgehead atoms. The lowest BCUT2D eigenvalue weighted by atomic mass is 9.83. The third kappa shape index (κ3) is 2.23. The summed E-state index contributed by atoms with van der Waals surface area (Å²) in [6, 6.07) is 12.3. The van der Waals surface area contributed by atoms with E-state index in [4.69, 9.17) is 0 Å². The van der Waals surface area contributed by atoms with E-state index in [9.17, 15) is 4.79 Å². The molecule has 0 spiro atoms. The summed E-state index contributed by atoms with van der Waals surface area (Å²) in [7, 11) is 0. The molecule has 0 saturated heterocycles. The maximum Gasteiger partial charge on any atom is 0.159 e. The fourth-order valence-corrected chi connectivity index (χ4v) is 2.15. The maximum atomic E-state index is 11.5. The van der Waals surface area contributed by atoms with Crippen LogP contribution in [0.1, 0.15) is 43.6 Å². The molecule has 0 saturated carbocycles. The summed E-state index contributed by atoms with van der Waals surface area (Å²) in [4.78, 5) is 11.5. The third-order valence-corrected chi connectivity index (χ3v) is 3.10. The molecule has 1 heteroatoms. The van der Waals surface area contributed by atoms with Crippen LogP contribution in [0.15, 0.2) is 36.4 Å². The topological polar surface area (TPSA) is 17.1 Å². The van der Waals surface area contributed by atoms with E-state index in [2.05, 4.69) is 39.0 Å². The van der Waals surface area contributed by atoms with Crippen molar-refractivity contribution in [1.29, 1.82) is 0 Å². The van der Waals surface area contributed by atoms with Gasteiger partial charge in [0, 0.05) is 5.56 Å². The quantitative estimate of drug-likeness (QED) is 0.661. The molecule has 0 unspecified atom stereocenters. The van der Waals surface area contributed by atoms with Gasteiger partial charge in [0.2, 0.25) is 0 Å². The van der Waals surface area contributed by atoms with Crippen LogP contribution in [0, 0.1) is 0 Å². The summed E-state index contributed by atoms with van der Waals surface area (Å²) in [5.74, 6) is 0.121. The van der Waals surface area contributed by atoms with Crippen LogP contribution in [0.25, 0.3) is 10.8 Å². The second-order valence-corrected chi connectivity index (χ2v) is 5.55. The van der Waals surface area contributed by atoms with Crippen molar-refractivity contribution < 1.29 is 4.79 Å². The molecule has 1 nitrogen and oxygen atoms in total. The number of rotatable bonds is 1. The Balaban J connectivity index is 2.77. The highest BCUT2D eigenvalue weighted by Crippen LogP contribution is 2.30. The van der Waals surface area contributed by atoms with E-state index in [-0.39, 0.29) is 11.2 Å². The Morgan fingerprint density at radius 3 is 2.35 bits per heavy atom. The molecule has 0 N–H and O–H groups in total. The molecule has 2 aromatic rings. The van der Waals surface area contributed by atoms with Gasteiger partial charge in [-0.25, -0.2) is 0 Å². The standard InChI is InChI=1S/C16H18O/c1-11(17)13-9-8-12-6-5-7-15(14(12)10-13)16(2,3)4/h5-10H,1-4H3. The van der Waals surface area contributed by atoms with Gasteiger partial charge in [-0.2, -0.15) is 0 Å². The molecule has 17 heavy (non-hydrogen) atoms. The van der Waals surface area contributed by atoms with Gasteiger partial charge in [-0.15, -0.1) is 0 Å². The maximum absolute atomic E-state index is 11.5. The Labute approximate surface area is 102 Å². The molecule has 0 radical (unpaired) electrons. The van der Waals surface area contributed by atoms with Crippen molar-refractivity contribution in [3.8, 4) is 0 Å². The van der Waals surface area contributed by atoms with Crippen molar-refractivity contribution in [3.63, 3.8) is 0 Å². The van der Waals surface area contributed by atoms with Gasteiger partial charge < -0.3 is 0 Å². The zero-order valence-electron chi connectivity index (χ0n) is 10.9. The number of carbonyl (C=O) groups is 1. The largest absolute Gasteiger partial charge is 0.295 e. The van der Waals surface area contributed by atoms with Crippen molar-refractivity contribution in [1.82, 2.24) is 0 Å². The summed E-state index contributed by atoms with van der Waals surface area (Å²) in [6.45, 7) is 8.20. The van der Waals surface area contributed by atoms with Crippen LogP contribution >= 0.6 is 0 Å². The van der Waals surface area contributed by atoms with E-state index < -0.39 is 0 Å². The smallest absolute Gasteiger partial charge is 0.159 e. The Morgan fingerprint density at radius 2 is 1.76 bits per heavy atom. The average Bonchev–Trinajstić information content (AvgIpc) is 2.26. The molecule has 0 aliphatic rings. The summed E-state index contributed by atoms with van der Waals surface area (Å²) >= 11 is 0. The van der Waals surface area contributed by atoms with E-state index in [1.165, 1.54) is 16.3 Å². The first-order valence-corrected chi connectivity index (χ1v) is 5.94. The molecule has 2 aromatic carbocycles. The van der Waals surface area contributed by atoms with Gasteiger partial charge in [-0.1, -0.05) is 51.1 Å². The number of fused-ring (bicyclic) bond motifs is 1. The lowest BCUT2D eigenvalue weighted by Gasteiger charge is -2.21. The molecule has 0 fully saturated rings. The second kappa shape index (κ2) is 3.99. The summed E-state index contributed by atoms with van der Waals surface area (Å²) < 4.78 is 0. The fourth-order valence-electron chi connectivity index (χ4n) is 2.15. The van der Waals surface area contributed by atoms with E-state index in [0.29, 0.717) is 0 Å². The molecule has 0 aliphatic heterocycles. The molecular formula is C16H18O. The predicted octanol–water partition coefficient (Wildman–Crippen LogP) is 4.34. The Bertz CT molecular complexity index is 574. The molecular weight excluding hydrogens is 208 g/mol. The van der Waals surface area contributed by atoms with Crippen molar-refractivity contribution >= 4 is 16.6 Å². The Morgan fingerprint density at radius 1 is 1.06 bits per heavy atom. The minimum atomic E-state index is 0.0922. The van der Waals surface area contributed by atoms with Gasteiger partial charge >= 0.3 is 0 Å². The molecule has 0 aromatic heterocycles. The van der Waals surface area contributed by atoms with Crippen molar-refractivity contribution in [3.05, 3.63) is 47.5 Å². The van der Waals surface area contributed by atoms with E-state index in [0.717, 1.165) is 5.56 Å². The van der Waals surface area contributed by atoms with Crippen LogP contribution in [-0.2, 0) is 5.41 Å². The first kappa shape index (κ1) is 11.8. The molecule has 0 atom stereocenters. The van der Waals surface area contributed by atoms with Crippen LogP contribution in [-0.4, -0.2) is 5.78 Å². The minimum Gasteiger partial charge on any atom is -0.295 e. The van der Waals surface area contributed by atoms with Crippen LogP contribution in [0.3, 0.4) is 0 Å². The molecule has 0 amide bonds. The van der Waals surface area contributed by atoms with E-state index in [1.807, 2.05) is 18.2 Å². The molecule has 0 heterocycles.